The summed E-state index contributed by atoms with van der Waals surface area (Å²) in [5.74, 6) is 2.30. The first-order chi connectivity index (χ1) is 8.58. The van der Waals surface area contributed by atoms with Gasteiger partial charge in [0.15, 0.2) is 0 Å². The maximum absolute atomic E-state index is 6.11. The smallest absolute Gasteiger partial charge is 0.131 e. The molecule has 5 heteroatoms. The third-order valence-electron chi connectivity index (χ3n) is 3.31. The zero-order valence-corrected chi connectivity index (χ0v) is 11.5. The molecule has 2 aromatic rings. The van der Waals surface area contributed by atoms with Crippen LogP contribution in [0.15, 0.2) is 18.2 Å². The average Bonchev–Trinajstić information content (AvgIpc) is 3.13. The molecule has 94 valence electrons. The van der Waals surface area contributed by atoms with E-state index in [4.69, 9.17) is 28.9 Å². The van der Waals surface area contributed by atoms with E-state index in [9.17, 15) is 0 Å². The maximum atomic E-state index is 6.11. The van der Waals surface area contributed by atoms with Crippen molar-refractivity contribution in [2.75, 3.05) is 5.73 Å². The van der Waals surface area contributed by atoms with Gasteiger partial charge in [-0.05, 0) is 25.0 Å². The van der Waals surface area contributed by atoms with Crippen LogP contribution in [0.2, 0.25) is 10.0 Å². The highest BCUT2D eigenvalue weighted by Gasteiger charge is 2.29. The fourth-order valence-electron chi connectivity index (χ4n) is 2.09. The average molecular weight is 282 g/mol. The van der Waals surface area contributed by atoms with E-state index in [1.807, 2.05) is 17.7 Å². The van der Waals surface area contributed by atoms with Crippen LogP contribution in [0.1, 0.15) is 24.6 Å². The minimum atomic E-state index is 0.521. The summed E-state index contributed by atoms with van der Waals surface area (Å²) in [6.45, 7) is 0. The summed E-state index contributed by atoms with van der Waals surface area (Å²) < 4.78 is 1.97. The molecule has 1 aliphatic rings. The van der Waals surface area contributed by atoms with Gasteiger partial charge in [0.25, 0.3) is 0 Å². The molecule has 1 aromatic carbocycles. The molecule has 0 unspecified atom stereocenters. The third-order valence-corrected chi connectivity index (χ3v) is 4.05. The first kappa shape index (κ1) is 11.9. The van der Waals surface area contributed by atoms with E-state index in [1.165, 1.54) is 12.8 Å². The van der Waals surface area contributed by atoms with Crippen LogP contribution in [0.3, 0.4) is 0 Å². The molecule has 0 saturated heterocycles. The van der Waals surface area contributed by atoms with Gasteiger partial charge in [-0.15, -0.1) is 0 Å². The van der Waals surface area contributed by atoms with Gasteiger partial charge in [0.05, 0.1) is 10.0 Å². The van der Waals surface area contributed by atoms with Crippen LogP contribution < -0.4 is 5.73 Å². The Morgan fingerprint density at radius 3 is 2.61 bits per heavy atom. The van der Waals surface area contributed by atoms with Crippen LogP contribution >= 0.6 is 23.2 Å². The highest BCUT2D eigenvalue weighted by atomic mass is 35.5. The van der Waals surface area contributed by atoms with Gasteiger partial charge in [0.1, 0.15) is 17.3 Å². The standard InChI is InChI=1S/C13H13Cl2N3/c1-18-12(16)11(17-13(18)7-2-3-7)8-4-5-9(14)10(15)6-8/h4-7H,2-3,16H2,1H3. The molecular weight excluding hydrogens is 269 g/mol. The zero-order chi connectivity index (χ0) is 12.9. The second-order valence-corrected chi connectivity index (χ2v) is 5.48. The Morgan fingerprint density at radius 2 is 2.00 bits per heavy atom. The molecule has 0 amide bonds. The van der Waals surface area contributed by atoms with E-state index in [-0.39, 0.29) is 0 Å². The van der Waals surface area contributed by atoms with Crippen molar-refractivity contribution in [1.29, 1.82) is 0 Å². The number of anilines is 1. The predicted octanol–water partition coefficient (Wildman–Crippen LogP) is 3.85. The van der Waals surface area contributed by atoms with Crippen molar-refractivity contribution in [3.63, 3.8) is 0 Å². The molecule has 0 atom stereocenters. The summed E-state index contributed by atoms with van der Waals surface area (Å²) in [6.07, 6.45) is 2.40. The highest BCUT2D eigenvalue weighted by molar-refractivity contribution is 6.42. The summed E-state index contributed by atoms with van der Waals surface area (Å²) in [5, 5.41) is 1.06. The Balaban J connectivity index is 2.10. The lowest BCUT2D eigenvalue weighted by Gasteiger charge is -2.02. The molecule has 0 radical (unpaired) electrons. The van der Waals surface area contributed by atoms with Crippen LogP contribution in [0.5, 0.6) is 0 Å². The Labute approximate surface area is 116 Å². The predicted molar refractivity (Wildman–Crippen MR) is 75.1 cm³/mol. The van der Waals surface area contributed by atoms with Crippen molar-refractivity contribution in [3.05, 3.63) is 34.1 Å². The molecule has 0 aliphatic heterocycles. The molecule has 0 bridgehead atoms. The Hall–Kier alpha value is -1.19. The summed E-state index contributed by atoms with van der Waals surface area (Å²) >= 11 is 11.9. The number of hydrogen-bond donors (Lipinski definition) is 1. The monoisotopic (exact) mass is 281 g/mol. The largest absolute Gasteiger partial charge is 0.383 e. The molecule has 1 heterocycles. The summed E-state index contributed by atoms with van der Waals surface area (Å²) in [6, 6.07) is 5.47. The van der Waals surface area contributed by atoms with E-state index in [1.54, 1.807) is 12.1 Å². The van der Waals surface area contributed by atoms with Gasteiger partial charge >= 0.3 is 0 Å². The SMILES string of the molecule is Cn1c(C2CC2)nc(-c2ccc(Cl)c(Cl)c2)c1N. The maximum Gasteiger partial charge on any atom is 0.131 e. The van der Waals surface area contributed by atoms with Gasteiger partial charge < -0.3 is 10.3 Å². The Bertz CT molecular complexity index is 615. The minimum absolute atomic E-state index is 0.521. The lowest BCUT2D eigenvalue weighted by molar-refractivity contribution is 0.807. The van der Waals surface area contributed by atoms with Crippen molar-refractivity contribution in [3.8, 4) is 11.3 Å². The Kier molecular flexibility index (Phi) is 2.76. The number of nitrogens with zero attached hydrogens (tertiary/aromatic N) is 2. The van der Waals surface area contributed by atoms with E-state index < -0.39 is 0 Å². The van der Waals surface area contributed by atoms with Gasteiger partial charge in [-0.1, -0.05) is 29.3 Å². The quantitative estimate of drug-likeness (QED) is 0.909. The molecule has 0 spiro atoms. The molecule has 3 rings (SSSR count). The Morgan fingerprint density at radius 1 is 1.28 bits per heavy atom. The van der Waals surface area contributed by atoms with Crippen molar-refractivity contribution < 1.29 is 0 Å². The molecule has 3 nitrogen and oxygen atoms in total. The topological polar surface area (TPSA) is 43.8 Å². The number of nitrogen functional groups attached to an aromatic ring is 1. The number of imidazole rings is 1. The van der Waals surface area contributed by atoms with Gasteiger partial charge in [0, 0.05) is 18.5 Å². The molecule has 2 N–H and O–H groups in total. The van der Waals surface area contributed by atoms with Crippen LogP contribution in [0.25, 0.3) is 11.3 Å². The van der Waals surface area contributed by atoms with E-state index in [0.717, 1.165) is 17.1 Å². The number of nitrogens with two attached hydrogens (primary N) is 1. The van der Waals surface area contributed by atoms with Gasteiger partial charge in [0.2, 0.25) is 0 Å². The molecule has 1 aromatic heterocycles. The molecular formula is C13H13Cl2N3. The van der Waals surface area contributed by atoms with Gasteiger partial charge in [-0.2, -0.15) is 0 Å². The van der Waals surface area contributed by atoms with Crippen LogP contribution in [0.4, 0.5) is 5.82 Å². The van der Waals surface area contributed by atoms with Crippen molar-refractivity contribution in [2.45, 2.75) is 18.8 Å². The number of aromatic nitrogens is 2. The van der Waals surface area contributed by atoms with E-state index in [0.29, 0.717) is 21.8 Å². The van der Waals surface area contributed by atoms with Crippen LogP contribution in [-0.4, -0.2) is 9.55 Å². The van der Waals surface area contributed by atoms with Crippen molar-refractivity contribution in [1.82, 2.24) is 9.55 Å². The fourth-order valence-corrected chi connectivity index (χ4v) is 2.39. The third kappa shape index (κ3) is 1.88. The number of rotatable bonds is 2. The van der Waals surface area contributed by atoms with E-state index >= 15 is 0 Å². The summed E-state index contributed by atoms with van der Waals surface area (Å²) in [7, 11) is 1.96. The summed E-state index contributed by atoms with van der Waals surface area (Å²) in [5.41, 5.74) is 7.81. The normalized spacial score (nSPS) is 15.1. The molecule has 1 aliphatic carbocycles. The number of benzene rings is 1. The first-order valence-corrected chi connectivity index (χ1v) is 6.61. The van der Waals surface area contributed by atoms with Gasteiger partial charge in [-0.3, -0.25) is 0 Å². The molecule has 18 heavy (non-hydrogen) atoms. The molecule has 1 saturated carbocycles. The zero-order valence-electron chi connectivity index (χ0n) is 9.95. The first-order valence-electron chi connectivity index (χ1n) is 5.85. The number of halogens is 2. The lowest BCUT2D eigenvalue weighted by atomic mass is 10.1. The number of hydrogen-bond acceptors (Lipinski definition) is 2. The van der Waals surface area contributed by atoms with Gasteiger partial charge in [-0.25, -0.2) is 4.98 Å². The second kappa shape index (κ2) is 4.18. The molecule has 1 fully saturated rings. The fraction of sp³-hybridized carbons (Fsp3) is 0.308. The van der Waals surface area contributed by atoms with E-state index in [2.05, 4.69) is 4.98 Å². The highest BCUT2D eigenvalue weighted by Crippen LogP contribution is 2.42. The van der Waals surface area contributed by atoms with Crippen molar-refractivity contribution >= 4 is 29.0 Å². The summed E-state index contributed by atoms with van der Waals surface area (Å²) in [4.78, 5) is 4.65. The lowest BCUT2D eigenvalue weighted by Crippen LogP contribution is -2.00. The minimum Gasteiger partial charge on any atom is -0.383 e. The van der Waals surface area contributed by atoms with Crippen LogP contribution in [-0.2, 0) is 7.05 Å². The second-order valence-electron chi connectivity index (χ2n) is 4.67. The van der Waals surface area contributed by atoms with Crippen LogP contribution in [0, 0.1) is 0 Å². The van der Waals surface area contributed by atoms with Crippen molar-refractivity contribution in [2.24, 2.45) is 7.05 Å².